The van der Waals surface area contributed by atoms with Gasteiger partial charge >= 0.3 is 5.97 Å². The van der Waals surface area contributed by atoms with Gasteiger partial charge in [-0.2, -0.15) is 0 Å². The molecule has 17 heavy (non-hydrogen) atoms. The zero-order valence-electron chi connectivity index (χ0n) is 10.1. The lowest BCUT2D eigenvalue weighted by molar-refractivity contribution is -0.148. The van der Waals surface area contributed by atoms with E-state index in [4.69, 9.17) is 9.47 Å². The molecule has 3 aliphatic carbocycles. The van der Waals surface area contributed by atoms with E-state index in [1.807, 2.05) is 0 Å². The molecule has 92 valence electrons. The van der Waals surface area contributed by atoms with Crippen LogP contribution in [0.25, 0.3) is 0 Å². The molecule has 3 heteroatoms. The summed E-state index contributed by atoms with van der Waals surface area (Å²) in [5.74, 6) is 1.73. The van der Waals surface area contributed by atoms with Crippen LogP contribution in [0.1, 0.15) is 32.6 Å². The van der Waals surface area contributed by atoms with Crippen LogP contribution in [0.2, 0.25) is 0 Å². The Kier molecular flexibility index (Phi) is 1.75. The third-order valence-electron chi connectivity index (χ3n) is 5.41. The Hall–Kier alpha value is -0.830. The molecule has 0 aromatic carbocycles. The third kappa shape index (κ3) is 1.09. The first-order chi connectivity index (χ1) is 8.13. The van der Waals surface area contributed by atoms with E-state index in [2.05, 4.69) is 6.58 Å². The minimum Gasteiger partial charge on any atom is -0.459 e. The summed E-state index contributed by atoms with van der Waals surface area (Å²) in [7, 11) is 0. The lowest BCUT2D eigenvalue weighted by Crippen LogP contribution is -2.39. The molecule has 1 saturated heterocycles. The van der Waals surface area contributed by atoms with Crippen molar-refractivity contribution in [1.82, 2.24) is 0 Å². The lowest BCUT2D eigenvalue weighted by Gasteiger charge is -2.31. The summed E-state index contributed by atoms with van der Waals surface area (Å²) < 4.78 is 11.5. The standard InChI is InChI=1S/C14H18O3/c1-7(2)13(15)16-11-6-8-5-10(11)14-9(8)3-4-12(14)17-14/h8-12H,1,3-6H2,2H3. The highest BCUT2D eigenvalue weighted by Crippen LogP contribution is 2.71. The van der Waals surface area contributed by atoms with E-state index in [1.165, 1.54) is 19.3 Å². The van der Waals surface area contributed by atoms with Crippen molar-refractivity contribution >= 4 is 5.97 Å². The first kappa shape index (κ1) is 10.1. The van der Waals surface area contributed by atoms with Crippen LogP contribution in [-0.4, -0.2) is 23.8 Å². The molecule has 1 aliphatic heterocycles. The van der Waals surface area contributed by atoms with Crippen molar-refractivity contribution in [3.8, 4) is 0 Å². The average Bonchev–Trinajstić information content (AvgIpc) is 2.66. The molecular formula is C14H18O3. The molecule has 6 atom stereocenters. The zero-order chi connectivity index (χ0) is 11.8. The van der Waals surface area contributed by atoms with Gasteiger partial charge in [0.15, 0.2) is 0 Å². The molecule has 4 fully saturated rings. The normalized spacial score (nSPS) is 53.1. The Morgan fingerprint density at radius 2 is 2.18 bits per heavy atom. The third-order valence-corrected chi connectivity index (χ3v) is 5.41. The van der Waals surface area contributed by atoms with Crippen molar-refractivity contribution in [2.45, 2.75) is 50.4 Å². The van der Waals surface area contributed by atoms with E-state index in [0.29, 0.717) is 17.6 Å². The van der Waals surface area contributed by atoms with Crippen LogP contribution in [0.4, 0.5) is 0 Å². The van der Waals surface area contributed by atoms with Gasteiger partial charge in [0.1, 0.15) is 11.7 Å². The van der Waals surface area contributed by atoms with Gasteiger partial charge in [-0.15, -0.1) is 0 Å². The summed E-state index contributed by atoms with van der Waals surface area (Å²) in [5, 5.41) is 0. The molecule has 6 unspecified atom stereocenters. The Balaban J connectivity index is 1.55. The fourth-order valence-corrected chi connectivity index (χ4v) is 4.79. The summed E-state index contributed by atoms with van der Waals surface area (Å²) in [6.07, 6.45) is 5.37. The maximum absolute atomic E-state index is 11.6. The first-order valence-electron chi connectivity index (χ1n) is 6.67. The van der Waals surface area contributed by atoms with E-state index in [1.54, 1.807) is 6.92 Å². The van der Waals surface area contributed by atoms with Crippen LogP contribution >= 0.6 is 0 Å². The minimum atomic E-state index is -0.231. The second-order valence-electron chi connectivity index (χ2n) is 6.21. The summed E-state index contributed by atoms with van der Waals surface area (Å²) >= 11 is 0. The van der Waals surface area contributed by atoms with E-state index >= 15 is 0 Å². The predicted octanol–water partition coefficient (Wildman–Crippen LogP) is 2.06. The molecule has 0 N–H and O–H groups in total. The lowest BCUT2D eigenvalue weighted by atomic mass is 9.79. The molecule has 1 spiro atoms. The van der Waals surface area contributed by atoms with Crippen molar-refractivity contribution in [2.24, 2.45) is 17.8 Å². The van der Waals surface area contributed by atoms with E-state index < -0.39 is 0 Å². The molecule has 0 aromatic rings. The van der Waals surface area contributed by atoms with Crippen LogP contribution in [-0.2, 0) is 14.3 Å². The van der Waals surface area contributed by atoms with Crippen LogP contribution in [0.5, 0.6) is 0 Å². The minimum absolute atomic E-state index is 0.0866. The van der Waals surface area contributed by atoms with Crippen molar-refractivity contribution in [1.29, 1.82) is 0 Å². The maximum Gasteiger partial charge on any atom is 0.333 e. The highest BCUT2D eigenvalue weighted by atomic mass is 16.6. The van der Waals surface area contributed by atoms with Crippen molar-refractivity contribution in [3.05, 3.63) is 12.2 Å². The van der Waals surface area contributed by atoms with Crippen molar-refractivity contribution in [2.75, 3.05) is 0 Å². The number of hydrogen-bond acceptors (Lipinski definition) is 3. The van der Waals surface area contributed by atoms with Crippen LogP contribution in [0, 0.1) is 17.8 Å². The molecule has 1 heterocycles. The second kappa shape index (κ2) is 2.94. The number of esters is 1. The van der Waals surface area contributed by atoms with Crippen molar-refractivity contribution in [3.63, 3.8) is 0 Å². The number of fused-ring (bicyclic) bond motifs is 3. The molecule has 3 saturated carbocycles. The molecule has 3 nitrogen and oxygen atoms in total. The molecule has 0 radical (unpaired) electrons. The highest BCUT2D eigenvalue weighted by molar-refractivity contribution is 5.87. The summed E-state index contributed by atoms with van der Waals surface area (Å²) in [6.45, 7) is 5.36. The number of carbonyl (C=O) groups is 1. The van der Waals surface area contributed by atoms with Crippen molar-refractivity contribution < 1.29 is 14.3 Å². The molecule has 4 aliphatic rings. The fraction of sp³-hybridized carbons (Fsp3) is 0.786. The van der Waals surface area contributed by atoms with E-state index in [0.717, 1.165) is 18.3 Å². The van der Waals surface area contributed by atoms with Gasteiger partial charge in [0.25, 0.3) is 0 Å². The van der Waals surface area contributed by atoms with Gasteiger partial charge in [0, 0.05) is 11.5 Å². The first-order valence-corrected chi connectivity index (χ1v) is 6.67. The van der Waals surface area contributed by atoms with Gasteiger partial charge in [-0.05, 0) is 44.4 Å². The predicted molar refractivity (Wildman–Crippen MR) is 61.2 cm³/mol. The van der Waals surface area contributed by atoms with Gasteiger partial charge in [-0.3, -0.25) is 0 Å². The van der Waals surface area contributed by atoms with Gasteiger partial charge in [0.05, 0.1) is 6.10 Å². The monoisotopic (exact) mass is 234 g/mol. The highest BCUT2D eigenvalue weighted by Gasteiger charge is 2.77. The number of rotatable bonds is 2. The average molecular weight is 234 g/mol. The van der Waals surface area contributed by atoms with Gasteiger partial charge in [-0.1, -0.05) is 6.58 Å². The van der Waals surface area contributed by atoms with Crippen LogP contribution in [0.3, 0.4) is 0 Å². The maximum atomic E-state index is 11.6. The molecular weight excluding hydrogens is 216 g/mol. The SMILES string of the molecule is C=C(C)C(=O)OC1CC2CC1C13OC1CCC23. The summed E-state index contributed by atoms with van der Waals surface area (Å²) in [5.41, 5.74) is 0.629. The molecule has 0 aromatic heterocycles. The van der Waals surface area contributed by atoms with Gasteiger partial charge in [0.2, 0.25) is 0 Å². The largest absolute Gasteiger partial charge is 0.459 e. The Morgan fingerprint density at radius 1 is 1.35 bits per heavy atom. The second-order valence-corrected chi connectivity index (χ2v) is 6.21. The van der Waals surface area contributed by atoms with Crippen LogP contribution < -0.4 is 0 Å². The van der Waals surface area contributed by atoms with Gasteiger partial charge < -0.3 is 9.47 Å². The smallest absolute Gasteiger partial charge is 0.333 e. The Labute approximate surface area is 101 Å². The molecule has 2 bridgehead atoms. The number of epoxide rings is 1. The molecule has 0 amide bonds. The van der Waals surface area contributed by atoms with E-state index in [-0.39, 0.29) is 17.7 Å². The molecule has 4 rings (SSSR count). The topological polar surface area (TPSA) is 38.8 Å². The van der Waals surface area contributed by atoms with Gasteiger partial charge in [-0.25, -0.2) is 4.79 Å². The number of hydrogen-bond donors (Lipinski definition) is 0. The summed E-state index contributed by atoms with van der Waals surface area (Å²) in [6, 6.07) is 0. The summed E-state index contributed by atoms with van der Waals surface area (Å²) in [4.78, 5) is 11.6. The Bertz CT molecular complexity index is 416. The van der Waals surface area contributed by atoms with E-state index in [9.17, 15) is 4.79 Å². The number of carbonyl (C=O) groups excluding carboxylic acids is 1. The quantitative estimate of drug-likeness (QED) is 0.417. The number of ether oxygens (including phenoxy) is 2. The zero-order valence-corrected chi connectivity index (χ0v) is 10.1. The van der Waals surface area contributed by atoms with Crippen LogP contribution in [0.15, 0.2) is 12.2 Å². The Morgan fingerprint density at radius 3 is 2.88 bits per heavy atom. The fourth-order valence-electron chi connectivity index (χ4n) is 4.79.